The zero-order valence-corrected chi connectivity index (χ0v) is 15.7. The SMILES string of the molecule is CC(C)Oc1ccc2ccccc2c1/C=N\Nc1nc2ccccc2n1C. The number of imidazole rings is 1. The maximum Gasteiger partial charge on any atom is 0.224 e. The van der Waals surface area contributed by atoms with Crippen molar-refractivity contribution in [2.24, 2.45) is 12.1 Å². The Morgan fingerprint density at radius 2 is 1.81 bits per heavy atom. The molecule has 0 unspecified atom stereocenters. The first-order valence-corrected chi connectivity index (χ1v) is 9.02. The first kappa shape index (κ1) is 17.1. The van der Waals surface area contributed by atoms with Crippen LogP contribution in [0.25, 0.3) is 21.8 Å². The monoisotopic (exact) mass is 358 g/mol. The first-order valence-electron chi connectivity index (χ1n) is 9.02. The van der Waals surface area contributed by atoms with E-state index in [1.165, 1.54) is 0 Å². The lowest BCUT2D eigenvalue weighted by Crippen LogP contribution is -2.08. The standard InChI is InChI=1S/C22H22N4O/c1-15(2)27-21-13-12-16-8-4-5-9-17(16)18(21)14-23-25-22-24-19-10-6-7-11-20(19)26(22)3/h4-15H,1-3H3,(H,24,25)/b23-14-. The Labute approximate surface area is 158 Å². The van der Waals surface area contributed by atoms with Gasteiger partial charge in [-0.15, -0.1) is 0 Å². The smallest absolute Gasteiger partial charge is 0.224 e. The van der Waals surface area contributed by atoms with Crippen LogP contribution in [0, 0.1) is 0 Å². The van der Waals surface area contributed by atoms with E-state index in [0.29, 0.717) is 5.95 Å². The summed E-state index contributed by atoms with van der Waals surface area (Å²) in [5, 5.41) is 6.70. The van der Waals surface area contributed by atoms with Crippen LogP contribution in [-0.4, -0.2) is 21.9 Å². The highest BCUT2D eigenvalue weighted by Gasteiger charge is 2.09. The van der Waals surface area contributed by atoms with Crippen LogP contribution in [0.2, 0.25) is 0 Å². The third-order valence-electron chi connectivity index (χ3n) is 4.44. The van der Waals surface area contributed by atoms with Crippen molar-refractivity contribution in [3.05, 3.63) is 66.2 Å². The Hall–Kier alpha value is -3.34. The van der Waals surface area contributed by atoms with Crippen molar-refractivity contribution in [3.8, 4) is 5.75 Å². The van der Waals surface area contributed by atoms with Gasteiger partial charge in [0.2, 0.25) is 5.95 Å². The Morgan fingerprint density at radius 1 is 1.04 bits per heavy atom. The molecule has 0 radical (unpaired) electrons. The number of hydrogen-bond acceptors (Lipinski definition) is 4. The molecular formula is C22H22N4O. The third-order valence-corrected chi connectivity index (χ3v) is 4.44. The Morgan fingerprint density at radius 3 is 2.63 bits per heavy atom. The average molecular weight is 358 g/mol. The van der Waals surface area contributed by atoms with Crippen molar-refractivity contribution in [1.82, 2.24) is 9.55 Å². The molecule has 1 N–H and O–H groups in total. The third kappa shape index (κ3) is 3.36. The fourth-order valence-electron chi connectivity index (χ4n) is 3.17. The second-order valence-electron chi connectivity index (χ2n) is 6.72. The summed E-state index contributed by atoms with van der Waals surface area (Å²) in [5.74, 6) is 1.51. The molecule has 5 nitrogen and oxygen atoms in total. The number of aromatic nitrogens is 2. The number of ether oxygens (including phenoxy) is 1. The van der Waals surface area contributed by atoms with E-state index in [4.69, 9.17) is 4.74 Å². The largest absolute Gasteiger partial charge is 0.490 e. The Kier molecular flexibility index (Phi) is 4.50. The van der Waals surface area contributed by atoms with E-state index in [0.717, 1.165) is 33.1 Å². The second-order valence-corrected chi connectivity index (χ2v) is 6.72. The fraction of sp³-hybridized carbons (Fsp3) is 0.182. The van der Waals surface area contributed by atoms with E-state index in [2.05, 4.69) is 33.7 Å². The van der Waals surface area contributed by atoms with Gasteiger partial charge in [-0.2, -0.15) is 5.10 Å². The van der Waals surface area contributed by atoms with Gasteiger partial charge in [0.05, 0.1) is 23.4 Å². The van der Waals surface area contributed by atoms with E-state index in [1.807, 2.05) is 67.9 Å². The molecule has 1 aromatic heterocycles. The van der Waals surface area contributed by atoms with E-state index >= 15 is 0 Å². The Balaban J connectivity index is 1.70. The summed E-state index contributed by atoms with van der Waals surface area (Å²) in [7, 11) is 1.97. The van der Waals surface area contributed by atoms with Crippen LogP contribution in [0.5, 0.6) is 5.75 Å². The van der Waals surface area contributed by atoms with Gasteiger partial charge in [0, 0.05) is 12.6 Å². The molecule has 136 valence electrons. The topological polar surface area (TPSA) is 51.4 Å². The van der Waals surface area contributed by atoms with E-state index in [1.54, 1.807) is 6.21 Å². The molecule has 0 amide bonds. The van der Waals surface area contributed by atoms with Gasteiger partial charge in [0.1, 0.15) is 5.75 Å². The average Bonchev–Trinajstić information content (AvgIpc) is 2.99. The lowest BCUT2D eigenvalue weighted by atomic mass is 10.0. The zero-order chi connectivity index (χ0) is 18.8. The quantitative estimate of drug-likeness (QED) is 0.405. The van der Waals surface area contributed by atoms with Crippen LogP contribution < -0.4 is 10.2 Å². The number of aryl methyl sites for hydroxylation is 1. The van der Waals surface area contributed by atoms with Crippen LogP contribution in [-0.2, 0) is 7.05 Å². The molecule has 4 aromatic rings. The van der Waals surface area contributed by atoms with Crippen molar-refractivity contribution in [1.29, 1.82) is 0 Å². The highest BCUT2D eigenvalue weighted by atomic mass is 16.5. The summed E-state index contributed by atoms with van der Waals surface area (Å²) in [4.78, 5) is 4.58. The number of hydrogen-bond donors (Lipinski definition) is 1. The highest BCUT2D eigenvalue weighted by Crippen LogP contribution is 2.27. The second kappa shape index (κ2) is 7.11. The van der Waals surface area contributed by atoms with Crippen molar-refractivity contribution in [2.75, 3.05) is 5.43 Å². The molecule has 4 rings (SSSR count). The number of para-hydroxylation sites is 2. The fourth-order valence-corrected chi connectivity index (χ4v) is 3.17. The van der Waals surface area contributed by atoms with Crippen molar-refractivity contribution in [3.63, 3.8) is 0 Å². The number of anilines is 1. The molecule has 1 heterocycles. The van der Waals surface area contributed by atoms with Crippen LogP contribution in [0.3, 0.4) is 0 Å². The lowest BCUT2D eigenvalue weighted by Gasteiger charge is -2.14. The van der Waals surface area contributed by atoms with E-state index < -0.39 is 0 Å². The van der Waals surface area contributed by atoms with Gasteiger partial charge >= 0.3 is 0 Å². The van der Waals surface area contributed by atoms with Gasteiger partial charge in [-0.3, -0.25) is 0 Å². The number of nitrogens with one attached hydrogen (secondary N) is 1. The molecule has 0 saturated heterocycles. The van der Waals surface area contributed by atoms with Crippen molar-refractivity contribution < 1.29 is 4.74 Å². The zero-order valence-electron chi connectivity index (χ0n) is 15.7. The molecule has 0 aliphatic rings. The van der Waals surface area contributed by atoms with Crippen molar-refractivity contribution >= 4 is 34.0 Å². The molecule has 0 spiro atoms. The summed E-state index contributed by atoms with van der Waals surface area (Å²) in [6.07, 6.45) is 1.89. The molecule has 0 aliphatic carbocycles. The minimum atomic E-state index is 0.0890. The van der Waals surface area contributed by atoms with Gasteiger partial charge in [0.25, 0.3) is 0 Å². The van der Waals surface area contributed by atoms with Gasteiger partial charge in [-0.25, -0.2) is 10.4 Å². The predicted molar refractivity (Wildman–Crippen MR) is 112 cm³/mol. The highest BCUT2D eigenvalue weighted by molar-refractivity contribution is 6.02. The molecule has 0 atom stereocenters. The summed E-state index contributed by atoms with van der Waals surface area (Å²) in [6.45, 7) is 4.04. The molecule has 5 heteroatoms. The van der Waals surface area contributed by atoms with Gasteiger partial charge in [0.15, 0.2) is 0 Å². The number of benzene rings is 3. The molecule has 0 aliphatic heterocycles. The number of rotatable bonds is 5. The van der Waals surface area contributed by atoms with Crippen molar-refractivity contribution in [2.45, 2.75) is 20.0 Å². The normalized spacial score (nSPS) is 11.7. The van der Waals surface area contributed by atoms with Gasteiger partial charge in [-0.1, -0.05) is 42.5 Å². The van der Waals surface area contributed by atoms with Gasteiger partial charge < -0.3 is 9.30 Å². The van der Waals surface area contributed by atoms with Crippen LogP contribution in [0.1, 0.15) is 19.4 Å². The van der Waals surface area contributed by atoms with Crippen LogP contribution >= 0.6 is 0 Å². The maximum absolute atomic E-state index is 5.99. The van der Waals surface area contributed by atoms with Crippen LogP contribution in [0.4, 0.5) is 5.95 Å². The molecule has 0 bridgehead atoms. The Bertz CT molecular complexity index is 1130. The van der Waals surface area contributed by atoms with E-state index in [9.17, 15) is 0 Å². The summed E-state index contributed by atoms with van der Waals surface area (Å²) < 4.78 is 7.98. The maximum atomic E-state index is 5.99. The molecule has 0 fully saturated rings. The summed E-state index contributed by atoms with van der Waals surface area (Å²) in [5.41, 5.74) is 6.01. The predicted octanol–water partition coefficient (Wildman–Crippen LogP) is 4.96. The van der Waals surface area contributed by atoms with Crippen LogP contribution in [0.15, 0.2) is 65.8 Å². The molecular weight excluding hydrogens is 336 g/mol. The van der Waals surface area contributed by atoms with E-state index in [-0.39, 0.29) is 6.10 Å². The number of hydrazone groups is 1. The first-order chi connectivity index (χ1) is 13.1. The molecule has 0 saturated carbocycles. The molecule has 3 aromatic carbocycles. The summed E-state index contributed by atoms with van der Waals surface area (Å²) >= 11 is 0. The molecule has 27 heavy (non-hydrogen) atoms. The lowest BCUT2D eigenvalue weighted by molar-refractivity contribution is 0.242. The summed E-state index contributed by atoms with van der Waals surface area (Å²) in [6, 6.07) is 20.3. The number of fused-ring (bicyclic) bond motifs is 2. The van der Waals surface area contributed by atoms with Gasteiger partial charge in [-0.05, 0) is 42.8 Å². The minimum Gasteiger partial charge on any atom is -0.490 e. The number of nitrogens with zero attached hydrogens (tertiary/aromatic N) is 3. The minimum absolute atomic E-state index is 0.0890.